The normalized spacial score (nSPS) is 16.9. The molecule has 0 spiro atoms. The van der Waals surface area contributed by atoms with Gasteiger partial charge in [0, 0.05) is 18.8 Å². The van der Waals surface area contributed by atoms with E-state index in [-0.39, 0.29) is 6.61 Å². The zero-order valence-electron chi connectivity index (χ0n) is 15.5. The summed E-state index contributed by atoms with van der Waals surface area (Å²) in [6.07, 6.45) is 1.68. The molecule has 0 radical (unpaired) electrons. The Morgan fingerprint density at radius 3 is 2.35 bits per heavy atom. The third-order valence-electron chi connectivity index (χ3n) is 4.16. The maximum absolute atomic E-state index is 12.5. The summed E-state index contributed by atoms with van der Waals surface area (Å²) in [7, 11) is 0. The Balaban J connectivity index is 2.18. The van der Waals surface area contributed by atoms with Crippen LogP contribution in [0.4, 0.5) is 10.5 Å². The quantitative estimate of drug-likeness (QED) is 0.536. The van der Waals surface area contributed by atoms with E-state index in [2.05, 4.69) is 18.7 Å². The molecule has 0 saturated carbocycles. The molecule has 1 heterocycles. The van der Waals surface area contributed by atoms with Gasteiger partial charge in [0.1, 0.15) is 6.04 Å². The molecule has 1 aliphatic rings. The second-order valence-electron chi connectivity index (χ2n) is 5.74. The highest BCUT2D eigenvalue weighted by Crippen LogP contribution is 2.34. The second kappa shape index (κ2) is 8.89. The van der Waals surface area contributed by atoms with Crippen LogP contribution >= 0.6 is 11.8 Å². The minimum absolute atomic E-state index is 0.203. The van der Waals surface area contributed by atoms with Gasteiger partial charge in [-0.25, -0.2) is 4.79 Å². The number of thioether (sulfide) groups is 1. The van der Waals surface area contributed by atoms with Gasteiger partial charge in [-0.05, 0) is 63.2 Å². The Hall–Kier alpha value is -2.28. The van der Waals surface area contributed by atoms with Crippen molar-refractivity contribution in [2.24, 2.45) is 0 Å². The summed E-state index contributed by atoms with van der Waals surface area (Å²) in [5, 5.41) is -0.457. The van der Waals surface area contributed by atoms with Crippen molar-refractivity contribution in [3.05, 3.63) is 34.7 Å². The van der Waals surface area contributed by atoms with Crippen LogP contribution in [0.2, 0.25) is 0 Å². The van der Waals surface area contributed by atoms with E-state index in [0.717, 1.165) is 41.0 Å². The Morgan fingerprint density at radius 1 is 1.19 bits per heavy atom. The second-order valence-corrected chi connectivity index (χ2v) is 6.74. The summed E-state index contributed by atoms with van der Waals surface area (Å²) >= 11 is 0.840. The van der Waals surface area contributed by atoms with Crippen LogP contribution in [0, 0.1) is 0 Å². The van der Waals surface area contributed by atoms with Crippen molar-refractivity contribution >= 4 is 40.6 Å². The maximum atomic E-state index is 12.5. The average Bonchev–Trinajstić information content (AvgIpc) is 2.90. The fourth-order valence-electron chi connectivity index (χ4n) is 2.70. The van der Waals surface area contributed by atoms with E-state index < -0.39 is 23.2 Å². The van der Waals surface area contributed by atoms with Crippen LogP contribution in [0.15, 0.2) is 29.2 Å². The first-order valence-electron chi connectivity index (χ1n) is 8.71. The van der Waals surface area contributed by atoms with Crippen LogP contribution in [0.3, 0.4) is 0 Å². The summed E-state index contributed by atoms with van der Waals surface area (Å²) in [6.45, 7) is 9.40. The largest absolute Gasteiger partial charge is 0.464 e. The molecule has 0 bridgehead atoms. The molecule has 1 saturated heterocycles. The van der Waals surface area contributed by atoms with Gasteiger partial charge in [-0.1, -0.05) is 12.1 Å². The lowest BCUT2D eigenvalue weighted by atomic mass is 10.1. The van der Waals surface area contributed by atoms with Crippen LogP contribution in [-0.4, -0.2) is 47.8 Å². The fourth-order valence-corrected chi connectivity index (χ4v) is 3.61. The molecule has 1 aliphatic heterocycles. The van der Waals surface area contributed by atoms with Crippen LogP contribution < -0.4 is 4.90 Å². The Kier molecular flexibility index (Phi) is 6.85. The molecule has 1 aromatic rings. The van der Waals surface area contributed by atoms with Gasteiger partial charge in [0.15, 0.2) is 0 Å². The number of rotatable bonds is 7. The fraction of sp³-hybridized carbons (Fsp3) is 0.421. The monoisotopic (exact) mass is 376 g/mol. The molecule has 1 aromatic carbocycles. The molecule has 7 heteroatoms. The SMILES string of the molecule is CCOC(=O)[C@H](C)N1C(=O)S/C(=C/c2ccc(N(CC)CC)cc2)C1=O. The number of carbonyl (C=O) groups excluding carboxylic acids is 3. The summed E-state index contributed by atoms with van der Waals surface area (Å²) in [4.78, 5) is 40.0. The minimum Gasteiger partial charge on any atom is -0.464 e. The number of nitrogens with zero attached hydrogens (tertiary/aromatic N) is 2. The van der Waals surface area contributed by atoms with Gasteiger partial charge >= 0.3 is 5.97 Å². The topological polar surface area (TPSA) is 66.9 Å². The number of hydrogen-bond acceptors (Lipinski definition) is 6. The lowest BCUT2D eigenvalue weighted by Gasteiger charge is -2.20. The highest BCUT2D eigenvalue weighted by atomic mass is 32.2. The summed E-state index contributed by atoms with van der Waals surface area (Å²) in [6, 6.07) is 6.87. The van der Waals surface area contributed by atoms with Crippen LogP contribution in [0.25, 0.3) is 6.08 Å². The number of anilines is 1. The van der Waals surface area contributed by atoms with Crippen molar-refractivity contribution in [2.75, 3.05) is 24.6 Å². The lowest BCUT2D eigenvalue weighted by molar-refractivity contribution is -0.150. The molecule has 2 amide bonds. The highest BCUT2D eigenvalue weighted by Gasteiger charge is 2.41. The van der Waals surface area contributed by atoms with Gasteiger partial charge in [0.2, 0.25) is 0 Å². The number of amides is 2. The number of imide groups is 1. The Labute approximate surface area is 158 Å². The highest BCUT2D eigenvalue weighted by molar-refractivity contribution is 8.18. The molecule has 1 atom stereocenters. The molecule has 140 valence electrons. The molecule has 1 fully saturated rings. The summed E-state index contributed by atoms with van der Waals surface area (Å²) in [5.41, 5.74) is 1.94. The van der Waals surface area contributed by atoms with E-state index in [4.69, 9.17) is 4.74 Å². The minimum atomic E-state index is -0.932. The van der Waals surface area contributed by atoms with Gasteiger partial charge < -0.3 is 9.64 Å². The van der Waals surface area contributed by atoms with Gasteiger partial charge in [-0.2, -0.15) is 0 Å². The number of benzene rings is 1. The van der Waals surface area contributed by atoms with Gasteiger partial charge in [0.05, 0.1) is 11.5 Å². The Bertz CT molecular complexity index is 711. The molecular formula is C19H24N2O4S. The van der Waals surface area contributed by atoms with Crippen molar-refractivity contribution in [3.63, 3.8) is 0 Å². The zero-order valence-corrected chi connectivity index (χ0v) is 16.3. The van der Waals surface area contributed by atoms with Gasteiger partial charge in [0.25, 0.3) is 11.1 Å². The van der Waals surface area contributed by atoms with Gasteiger partial charge in [-0.3, -0.25) is 14.5 Å². The van der Waals surface area contributed by atoms with E-state index in [1.807, 2.05) is 24.3 Å². The lowest BCUT2D eigenvalue weighted by Crippen LogP contribution is -2.42. The van der Waals surface area contributed by atoms with Gasteiger partial charge in [-0.15, -0.1) is 0 Å². The molecule has 2 rings (SSSR count). The smallest absolute Gasteiger partial charge is 0.329 e. The zero-order chi connectivity index (χ0) is 19.3. The summed E-state index contributed by atoms with van der Waals surface area (Å²) < 4.78 is 4.90. The van der Waals surface area contributed by atoms with Crippen LogP contribution in [-0.2, 0) is 14.3 Å². The predicted molar refractivity (Wildman–Crippen MR) is 104 cm³/mol. The first kappa shape index (κ1) is 20.0. The van der Waals surface area contributed by atoms with E-state index in [1.54, 1.807) is 13.0 Å². The summed E-state index contributed by atoms with van der Waals surface area (Å²) in [5.74, 6) is -1.05. The molecule has 0 unspecified atom stereocenters. The van der Waals surface area contributed by atoms with Crippen molar-refractivity contribution in [1.82, 2.24) is 4.90 Å². The standard InChI is InChI=1S/C19H24N2O4S/c1-5-20(6-2)15-10-8-14(9-11-15)12-16-17(22)21(19(24)26-16)13(4)18(23)25-7-3/h8-13H,5-7H2,1-4H3/b16-12+/t13-/m0/s1. The molecule has 26 heavy (non-hydrogen) atoms. The van der Waals surface area contributed by atoms with Crippen molar-refractivity contribution < 1.29 is 19.1 Å². The Morgan fingerprint density at radius 2 is 1.81 bits per heavy atom. The number of carbonyl (C=O) groups is 3. The van der Waals surface area contributed by atoms with Crippen molar-refractivity contribution in [2.45, 2.75) is 33.7 Å². The van der Waals surface area contributed by atoms with E-state index >= 15 is 0 Å². The van der Waals surface area contributed by atoms with E-state index in [0.29, 0.717) is 4.91 Å². The third kappa shape index (κ3) is 4.27. The number of hydrogen-bond donors (Lipinski definition) is 0. The van der Waals surface area contributed by atoms with Crippen molar-refractivity contribution in [1.29, 1.82) is 0 Å². The molecule has 6 nitrogen and oxygen atoms in total. The maximum Gasteiger partial charge on any atom is 0.329 e. The predicted octanol–water partition coefficient (Wildman–Crippen LogP) is 3.52. The van der Waals surface area contributed by atoms with Crippen LogP contribution in [0.5, 0.6) is 0 Å². The molecule has 0 aliphatic carbocycles. The molecule has 0 aromatic heterocycles. The van der Waals surface area contributed by atoms with Crippen LogP contribution in [0.1, 0.15) is 33.3 Å². The third-order valence-corrected chi connectivity index (χ3v) is 5.04. The average molecular weight is 376 g/mol. The number of ether oxygens (including phenoxy) is 1. The van der Waals surface area contributed by atoms with Crippen molar-refractivity contribution in [3.8, 4) is 0 Å². The first-order valence-corrected chi connectivity index (χ1v) is 9.53. The first-order chi connectivity index (χ1) is 12.4. The number of esters is 1. The van der Waals surface area contributed by atoms with E-state index in [1.165, 1.54) is 6.92 Å². The molecular weight excluding hydrogens is 352 g/mol. The molecule has 0 N–H and O–H groups in total. The van der Waals surface area contributed by atoms with E-state index in [9.17, 15) is 14.4 Å².